The minimum atomic E-state index is -0.879. The number of imide groups is 1. The van der Waals surface area contributed by atoms with Crippen molar-refractivity contribution in [3.63, 3.8) is 0 Å². The Morgan fingerprint density at radius 2 is 1.76 bits per heavy atom. The zero-order valence-electron chi connectivity index (χ0n) is 21.8. The number of aryl methyl sites for hydroxylation is 1. The Kier molecular flexibility index (Phi) is 6.46. The van der Waals surface area contributed by atoms with E-state index in [0.717, 1.165) is 11.3 Å². The van der Waals surface area contributed by atoms with Crippen LogP contribution in [0.4, 0.5) is 10.1 Å². The SMILES string of the molecule is Cc1nc2cccc(NC(=O)c3ccc(-n4nccc4-c4ccc(F)cc4)cc3)c2c(=O)n1C1CCC(=O)NC1=O. The average Bonchev–Trinajstić information content (AvgIpc) is 3.44. The van der Waals surface area contributed by atoms with Crippen LogP contribution in [-0.2, 0) is 9.59 Å². The van der Waals surface area contributed by atoms with Crippen molar-refractivity contribution in [1.82, 2.24) is 24.6 Å². The molecule has 1 unspecified atom stereocenters. The molecule has 11 heteroatoms. The molecule has 3 amide bonds. The van der Waals surface area contributed by atoms with Crippen molar-refractivity contribution in [2.24, 2.45) is 0 Å². The Bertz CT molecular complexity index is 1890. The minimum absolute atomic E-state index is 0.110. The molecule has 6 rings (SSSR count). The Morgan fingerprint density at radius 3 is 2.49 bits per heavy atom. The first-order valence-corrected chi connectivity index (χ1v) is 12.9. The molecule has 0 radical (unpaired) electrons. The summed E-state index contributed by atoms with van der Waals surface area (Å²) in [4.78, 5) is 55.5. The first-order chi connectivity index (χ1) is 19.8. The second-order valence-corrected chi connectivity index (χ2v) is 9.64. The van der Waals surface area contributed by atoms with Gasteiger partial charge in [0.15, 0.2) is 0 Å². The van der Waals surface area contributed by atoms with Crippen molar-refractivity contribution in [3.05, 3.63) is 107 Å². The number of nitrogens with one attached hydrogen (secondary N) is 2. The Balaban J connectivity index is 1.29. The predicted octanol–water partition coefficient (Wildman–Crippen LogP) is 3.93. The Morgan fingerprint density at radius 1 is 1.00 bits per heavy atom. The van der Waals surface area contributed by atoms with Crippen molar-refractivity contribution in [3.8, 4) is 16.9 Å². The number of anilines is 1. The molecule has 0 bridgehead atoms. The van der Waals surface area contributed by atoms with E-state index in [4.69, 9.17) is 0 Å². The molecule has 1 atom stereocenters. The van der Waals surface area contributed by atoms with E-state index in [1.165, 1.54) is 16.7 Å². The van der Waals surface area contributed by atoms with E-state index >= 15 is 0 Å². The van der Waals surface area contributed by atoms with E-state index in [9.17, 15) is 23.6 Å². The van der Waals surface area contributed by atoms with Crippen LogP contribution in [0.5, 0.6) is 0 Å². The fraction of sp³-hybridized carbons (Fsp3) is 0.133. The number of hydrogen-bond donors (Lipinski definition) is 2. The van der Waals surface area contributed by atoms with Gasteiger partial charge in [0.05, 0.1) is 34.2 Å². The minimum Gasteiger partial charge on any atom is -0.321 e. The molecular weight excluding hydrogens is 527 g/mol. The highest BCUT2D eigenvalue weighted by Gasteiger charge is 2.31. The van der Waals surface area contributed by atoms with Crippen LogP contribution in [-0.4, -0.2) is 37.1 Å². The lowest BCUT2D eigenvalue weighted by molar-refractivity contribution is -0.135. The van der Waals surface area contributed by atoms with Crippen LogP contribution in [0, 0.1) is 12.7 Å². The molecule has 1 aliphatic heterocycles. The highest BCUT2D eigenvalue weighted by atomic mass is 19.1. The molecule has 10 nitrogen and oxygen atoms in total. The number of piperidine rings is 1. The lowest BCUT2D eigenvalue weighted by Crippen LogP contribution is -2.45. The smallest absolute Gasteiger partial charge is 0.264 e. The molecule has 0 saturated carbocycles. The van der Waals surface area contributed by atoms with Gasteiger partial charge in [0.2, 0.25) is 11.8 Å². The quantitative estimate of drug-likeness (QED) is 0.319. The van der Waals surface area contributed by atoms with Gasteiger partial charge >= 0.3 is 0 Å². The number of nitrogens with zero attached hydrogens (tertiary/aromatic N) is 4. The molecule has 41 heavy (non-hydrogen) atoms. The molecule has 0 spiro atoms. The Hall–Kier alpha value is -5.45. The van der Waals surface area contributed by atoms with Gasteiger partial charge in [0.1, 0.15) is 17.7 Å². The predicted molar refractivity (Wildman–Crippen MR) is 149 cm³/mol. The summed E-state index contributed by atoms with van der Waals surface area (Å²) in [6, 6.07) is 18.7. The first kappa shape index (κ1) is 25.8. The number of halogens is 1. The third kappa shape index (κ3) is 4.78. The fourth-order valence-corrected chi connectivity index (χ4v) is 5.05. The van der Waals surface area contributed by atoms with Crippen molar-refractivity contribution < 1.29 is 18.8 Å². The lowest BCUT2D eigenvalue weighted by Gasteiger charge is -2.24. The average molecular weight is 551 g/mol. The van der Waals surface area contributed by atoms with Crippen molar-refractivity contribution in [2.45, 2.75) is 25.8 Å². The standard InChI is InChI=1S/C30H23FN6O4/c1-17-33-22-3-2-4-23(27(22)30(41)36(17)25-13-14-26(38)35-29(25)40)34-28(39)19-7-11-21(12-8-19)37-24(15-16-32-37)18-5-9-20(31)10-6-18/h2-12,15-16,25H,13-14H2,1H3,(H,34,39)(H,35,38,40). The number of fused-ring (bicyclic) bond motifs is 1. The number of aromatic nitrogens is 4. The van der Waals surface area contributed by atoms with E-state index in [1.54, 1.807) is 72.4 Å². The Labute approximate surface area is 232 Å². The molecule has 3 aromatic carbocycles. The normalized spacial score (nSPS) is 15.1. The summed E-state index contributed by atoms with van der Waals surface area (Å²) < 4.78 is 16.3. The van der Waals surface area contributed by atoms with Crippen molar-refractivity contribution in [1.29, 1.82) is 0 Å². The zero-order chi connectivity index (χ0) is 28.7. The third-order valence-electron chi connectivity index (χ3n) is 7.03. The van der Waals surface area contributed by atoms with Crippen LogP contribution in [0.15, 0.2) is 83.8 Å². The van der Waals surface area contributed by atoms with Gasteiger partial charge in [0, 0.05) is 17.5 Å². The molecule has 2 N–H and O–H groups in total. The number of benzene rings is 3. The number of hydrogen-bond acceptors (Lipinski definition) is 6. The topological polar surface area (TPSA) is 128 Å². The van der Waals surface area contributed by atoms with Crippen molar-refractivity contribution >= 4 is 34.3 Å². The second-order valence-electron chi connectivity index (χ2n) is 9.64. The van der Waals surface area contributed by atoms with Crippen LogP contribution in [0.25, 0.3) is 27.8 Å². The van der Waals surface area contributed by atoms with E-state index in [2.05, 4.69) is 20.7 Å². The summed E-state index contributed by atoms with van der Waals surface area (Å²) in [6.07, 6.45) is 1.92. The molecule has 1 fully saturated rings. The summed E-state index contributed by atoms with van der Waals surface area (Å²) in [6.45, 7) is 1.62. The largest absolute Gasteiger partial charge is 0.321 e. The maximum atomic E-state index is 13.6. The summed E-state index contributed by atoms with van der Waals surface area (Å²) in [5, 5.41) is 9.60. The zero-order valence-corrected chi connectivity index (χ0v) is 21.8. The number of amides is 3. The maximum absolute atomic E-state index is 13.6. The van der Waals surface area contributed by atoms with Crippen molar-refractivity contribution in [2.75, 3.05) is 5.32 Å². The van der Waals surface area contributed by atoms with Gasteiger partial charge in [-0.3, -0.25) is 29.1 Å². The van der Waals surface area contributed by atoms with Gasteiger partial charge in [-0.05, 0) is 80.1 Å². The summed E-state index contributed by atoms with van der Waals surface area (Å²) in [5.41, 5.74) is 2.72. The molecule has 5 aromatic rings. The van der Waals surface area contributed by atoms with Crippen LogP contribution >= 0.6 is 0 Å². The van der Waals surface area contributed by atoms with E-state index < -0.39 is 23.4 Å². The summed E-state index contributed by atoms with van der Waals surface area (Å²) in [5.74, 6) is -1.40. The second kappa shape index (κ2) is 10.3. The number of carbonyl (C=O) groups is 3. The van der Waals surface area contributed by atoms with E-state index in [0.29, 0.717) is 22.6 Å². The number of rotatable bonds is 5. The van der Waals surface area contributed by atoms with Gasteiger partial charge in [-0.25, -0.2) is 14.1 Å². The van der Waals surface area contributed by atoms with Gasteiger partial charge < -0.3 is 5.32 Å². The maximum Gasteiger partial charge on any atom is 0.264 e. The number of carbonyl (C=O) groups excluding carboxylic acids is 3. The molecule has 204 valence electrons. The highest BCUT2D eigenvalue weighted by molar-refractivity contribution is 6.08. The molecule has 1 saturated heterocycles. The van der Waals surface area contributed by atoms with Crippen LogP contribution < -0.4 is 16.2 Å². The third-order valence-corrected chi connectivity index (χ3v) is 7.03. The first-order valence-electron chi connectivity index (χ1n) is 12.9. The fourth-order valence-electron chi connectivity index (χ4n) is 5.05. The van der Waals surface area contributed by atoms with Gasteiger partial charge in [-0.15, -0.1) is 0 Å². The van der Waals surface area contributed by atoms with Gasteiger partial charge in [0.25, 0.3) is 11.5 Å². The molecular formula is C30H23FN6O4. The van der Waals surface area contributed by atoms with E-state index in [-0.39, 0.29) is 35.6 Å². The summed E-state index contributed by atoms with van der Waals surface area (Å²) in [7, 11) is 0. The lowest BCUT2D eigenvalue weighted by atomic mass is 10.1. The van der Waals surface area contributed by atoms with Gasteiger partial charge in [-0.2, -0.15) is 5.10 Å². The summed E-state index contributed by atoms with van der Waals surface area (Å²) >= 11 is 0. The highest BCUT2D eigenvalue weighted by Crippen LogP contribution is 2.25. The van der Waals surface area contributed by atoms with Crippen LogP contribution in [0.1, 0.15) is 35.1 Å². The molecule has 1 aliphatic rings. The molecule has 0 aliphatic carbocycles. The molecule has 2 aromatic heterocycles. The van der Waals surface area contributed by atoms with Crippen LogP contribution in [0.2, 0.25) is 0 Å². The van der Waals surface area contributed by atoms with Crippen LogP contribution in [0.3, 0.4) is 0 Å². The van der Waals surface area contributed by atoms with E-state index in [1.807, 2.05) is 6.07 Å². The molecule has 3 heterocycles. The van der Waals surface area contributed by atoms with Gasteiger partial charge in [-0.1, -0.05) is 6.07 Å². The monoisotopic (exact) mass is 550 g/mol.